The van der Waals surface area contributed by atoms with Gasteiger partial charge in [0, 0.05) is 23.5 Å². The Morgan fingerprint density at radius 3 is 2.60 bits per heavy atom. The van der Waals surface area contributed by atoms with Crippen molar-refractivity contribution in [2.75, 3.05) is 7.05 Å². The Morgan fingerprint density at radius 1 is 1.30 bits per heavy atom. The van der Waals surface area contributed by atoms with Gasteiger partial charge >= 0.3 is 0 Å². The first kappa shape index (κ1) is 14.1. The van der Waals surface area contributed by atoms with Gasteiger partial charge in [-0.2, -0.15) is 0 Å². The van der Waals surface area contributed by atoms with E-state index in [1.807, 2.05) is 5.38 Å². The number of aromatic nitrogens is 1. The molecule has 0 aliphatic heterocycles. The summed E-state index contributed by atoms with van der Waals surface area (Å²) < 4.78 is 0. The van der Waals surface area contributed by atoms with Gasteiger partial charge in [0.25, 0.3) is 0 Å². The quantitative estimate of drug-likeness (QED) is 0.754. The molecule has 2 nitrogen and oxygen atoms in total. The van der Waals surface area contributed by atoms with Crippen LogP contribution in [-0.4, -0.2) is 23.0 Å². The summed E-state index contributed by atoms with van der Waals surface area (Å²) in [6.45, 7) is 1.04. The minimum atomic E-state index is 0.487. The van der Waals surface area contributed by atoms with Gasteiger partial charge in [-0.3, -0.25) is 4.90 Å². The van der Waals surface area contributed by atoms with Crippen LogP contribution in [0.2, 0.25) is 0 Å². The maximum absolute atomic E-state index is 5.80. The predicted molar refractivity (Wildman–Crippen MR) is 86.2 cm³/mol. The molecule has 0 spiro atoms. The van der Waals surface area contributed by atoms with Gasteiger partial charge in [0.05, 0.1) is 11.6 Å². The predicted octanol–water partition coefficient (Wildman–Crippen LogP) is 4.53. The van der Waals surface area contributed by atoms with Crippen LogP contribution in [0.25, 0.3) is 10.6 Å². The first-order valence-electron chi connectivity index (χ1n) is 7.06. The third-order valence-electron chi connectivity index (χ3n) is 4.02. The summed E-state index contributed by atoms with van der Waals surface area (Å²) in [5.41, 5.74) is 3.51. The summed E-state index contributed by atoms with van der Waals surface area (Å²) in [5.74, 6) is 0.487. The summed E-state index contributed by atoms with van der Waals surface area (Å²) in [6, 6.07) is 9.56. The Balaban J connectivity index is 1.67. The molecule has 106 valence electrons. The van der Waals surface area contributed by atoms with E-state index in [4.69, 9.17) is 11.6 Å². The first-order chi connectivity index (χ1) is 9.76. The molecule has 1 aliphatic carbocycles. The van der Waals surface area contributed by atoms with Gasteiger partial charge < -0.3 is 0 Å². The van der Waals surface area contributed by atoms with Crippen molar-refractivity contribution < 1.29 is 0 Å². The Hall–Kier alpha value is -0.900. The van der Waals surface area contributed by atoms with Crippen LogP contribution in [0.4, 0.5) is 0 Å². The van der Waals surface area contributed by atoms with Crippen LogP contribution in [0.1, 0.15) is 30.5 Å². The van der Waals surface area contributed by atoms with Crippen molar-refractivity contribution in [2.24, 2.45) is 0 Å². The second-order valence-corrected chi connectivity index (χ2v) is 6.60. The first-order valence-corrected chi connectivity index (χ1v) is 8.47. The van der Waals surface area contributed by atoms with Crippen molar-refractivity contribution in [3.05, 3.63) is 40.9 Å². The van der Waals surface area contributed by atoms with Crippen LogP contribution in [0.15, 0.2) is 29.6 Å². The zero-order valence-corrected chi connectivity index (χ0v) is 13.3. The summed E-state index contributed by atoms with van der Waals surface area (Å²) in [7, 11) is 2.23. The van der Waals surface area contributed by atoms with Gasteiger partial charge in [-0.25, -0.2) is 4.98 Å². The highest BCUT2D eigenvalue weighted by Gasteiger charge is 2.21. The molecule has 1 aliphatic rings. The average Bonchev–Trinajstić information content (AvgIpc) is 2.86. The second kappa shape index (κ2) is 6.25. The number of nitrogens with zero attached hydrogens (tertiary/aromatic N) is 2. The maximum atomic E-state index is 5.80. The average molecular weight is 307 g/mol. The lowest BCUT2D eigenvalue weighted by molar-refractivity contribution is 0.152. The van der Waals surface area contributed by atoms with E-state index in [0.29, 0.717) is 5.88 Å². The summed E-state index contributed by atoms with van der Waals surface area (Å²) >= 11 is 7.46. The number of rotatable bonds is 5. The van der Waals surface area contributed by atoms with E-state index in [1.165, 1.54) is 30.4 Å². The normalized spacial score (nSPS) is 15.6. The van der Waals surface area contributed by atoms with Crippen LogP contribution in [0.3, 0.4) is 0 Å². The van der Waals surface area contributed by atoms with Crippen molar-refractivity contribution >= 4 is 22.9 Å². The van der Waals surface area contributed by atoms with Gasteiger partial charge in [0.2, 0.25) is 0 Å². The number of thiazole rings is 1. The Morgan fingerprint density at radius 2 is 2.05 bits per heavy atom. The molecule has 1 aromatic heterocycles. The highest BCUT2D eigenvalue weighted by molar-refractivity contribution is 7.13. The van der Waals surface area contributed by atoms with Crippen LogP contribution in [0.5, 0.6) is 0 Å². The molecule has 4 heteroatoms. The molecule has 0 unspecified atom stereocenters. The van der Waals surface area contributed by atoms with E-state index in [9.17, 15) is 0 Å². The fraction of sp³-hybridized carbons (Fsp3) is 0.438. The monoisotopic (exact) mass is 306 g/mol. The number of halogens is 1. The molecule has 0 N–H and O–H groups in total. The topological polar surface area (TPSA) is 16.1 Å². The van der Waals surface area contributed by atoms with Crippen molar-refractivity contribution in [3.8, 4) is 10.6 Å². The summed E-state index contributed by atoms with van der Waals surface area (Å²) in [4.78, 5) is 6.98. The van der Waals surface area contributed by atoms with Crippen molar-refractivity contribution in [3.63, 3.8) is 0 Å². The van der Waals surface area contributed by atoms with E-state index in [2.05, 4.69) is 41.2 Å². The Bertz CT molecular complexity index is 560. The van der Waals surface area contributed by atoms with Crippen molar-refractivity contribution in [1.82, 2.24) is 9.88 Å². The molecule has 0 saturated heterocycles. The highest BCUT2D eigenvalue weighted by atomic mass is 35.5. The Kier molecular flexibility index (Phi) is 4.39. The second-order valence-electron chi connectivity index (χ2n) is 5.47. The lowest BCUT2D eigenvalue weighted by Crippen LogP contribution is -2.36. The van der Waals surface area contributed by atoms with E-state index >= 15 is 0 Å². The smallest absolute Gasteiger partial charge is 0.123 e. The molecule has 0 amide bonds. The molecule has 2 aromatic rings. The minimum Gasteiger partial charge on any atom is -0.299 e. The summed E-state index contributed by atoms with van der Waals surface area (Å²) in [5, 5.41) is 3.08. The number of benzene rings is 1. The van der Waals surface area contributed by atoms with E-state index in [1.54, 1.807) is 11.3 Å². The van der Waals surface area contributed by atoms with Gasteiger partial charge in [-0.05, 0) is 25.5 Å². The maximum Gasteiger partial charge on any atom is 0.123 e. The molecule has 1 saturated carbocycles. The molecule has 0 radical (unpaired) electrons. The Labute approximate surface area is 129 Å². The fourth-order valence-corrected chi connectivity index (χ4v) is 3.55. The molecular formula is C16H19ClN2S. The fourth-order valence-electron chi connectivity index (χ4n) is 2.50. The van der Waals surface area contributed by atoms with Gasteiger partial charge in [-0.1, -0.05) is 30.7 Å². The third kappa shape index (κ3) is 3.05. The van der Waals surface area contributed by atoms with E-state index < -0.39 is 0 Å². The number of hydrogen-bond donors (Lipinski definition) is 0. The SMILES string of the molecule is CN(Cc1ccc(-c2nc(CCl)cs2)cc1)C1CCC1. The van der Waals surface area contributed by atoms with Crippen molar-refractivity contribution in [1.29, 1.82) is 0 Å². The summed E-state index contributed by atoms with van der Waals surface area (Å²) in [6.07, 6.45) is 4.10. The largest absolute Gasteiger partial charge is 0.299 e. The zero-order chi connectivity index (χ0) is 13.9. The van der Waals surface area contributed by atoms with Crippen LogP contribution >= 0.6 is 22.9 Å². The molecule has 0 bridgehead atoms. The molecule has 3 rings (SSSR count). The van der Waals surface area contributed by atoms with Crippen LogP contribution in [-0.2, 0) is 12.4 Å². The minimum absolute atomic E-state index is 0.487. The van der Waals surface area contributed by atoms with Gasteiger partial charge in [0.1, 0.15) is 5.01 Å². The molecular weight excluding hydrogens is 288 g/mol. The number of alkyl halides is 1. The standard InChI is InChI=1S/C16H19ClN2S/c1-19(15-3-2-4-15)10-12-5-7-13(8-6-12)16-18-14(9-17)11-20-16/h5-8,11,15H,2-4,9-10H2,1H3. The molecule has 0 atom stereocenters. The number of hydrogen-bond acceptors (Lipinski definition) is 3. The van der Waals surface area contributed by atoms with E-state index in [-0.39, 0.29) is 0 Å². The third-order valence-corrected chi connectivity index (χ3v) is 5.23. The molecule has 1 aromatic carbocycles. The van der Waals surface area contributed by atoms with Gasteiger partial charge in [-0.15, -0.1) is 22.9 Å². The van der Waals surface area contributed by atoms with Crippen molar-refractivity contribution in [2.45, 2.75) is 37.7 Å². The molecule has 20 heavy (non-hydrogen) atoms. The van der Waals surface area contributed by atoms with Gasteiger partial charge in [0.15, 0.2) is 0 Å². The van der Waals surface area contributed by atoms with Crippen LogP contribution < -0.4 is 0 Å². The molecule has 1 fully saturated rings. The van der Waals surface area contributed by atoms with E-state index in [0.717, 1.165) is 23.3 Å². The molecule has 1 heterocycles. The zero-order valence-electron chi connectivity index (χ0n) is 11.7. The lowest BCUT2D eigenvalue weighted by atomic mass is 9.91. The highest BCUT2D eigenvalue weighted by Crippen LogP contribution is 2.27. The van der Waals surface area contributed by atoms with Crippen LogP contribution in [0, 0.1) is 0 Å². The lowest BCUT2D eigenvalue weighted by Gasteiger charge is -2.34.